The molecular formula is C28H30ClFN2O3. The Kier molecular flexibility index (Phi) is 8.52. The second kappa shape index (κ2) is 11.4. The van der Waals surface area contributed by atoms with E-state index in [-0.39, 0.29) is 10.9 Å². The van der Waals surface area contributed by atoms with Crippen molar-refractivity contribution in [2.24, 2.45) is 5.41 Å². The summed E-state index contributed by atoms with van der Waals surface area (Å²) >= 11 is 5.78. The largest absolute Gasteiger partial charge is 0.493 e. The van der Waals surface area contributed by atoms with Crippen molar-refractivity contribution in [1.82, 2.24) is 0 Å². The van der Waals surface area contributed by atoms with Gasteiger partial charge in [-0.15, -0.1) is 0 Å². The van der Waals surface area contributed by atoms with Gasteiger partial charge >= 0.3 is 0 Å². The number of hydrogen-bond donors (Lipinski definition) is 2. The van der Waals surface area contributed by atoms with Crippen LogP contribution in [0.25, 0.3) is 0 Å². The summed E-state index contributed by atoms with van der Waals surface area (Å²) < 4.78 is 19.3. The highest BCUT2D eigenvalue weighted by atomic mass is 35.5. The second-order valence-electron chi connectivity index (χ2n) is 9.22. The smallest absolute Gasteiger partial charge is 0.255 e. The number of hydrogen-bond acceptors (Lipinski definition) is 3. The third-order valence-electron chi connectivity index (χ3n) is 5.72. The Balaban J connectivity index is 1.55. The third-order valence-corrected chi connectivity index (χ3v) is 6.01. The first kappa shape index (κ1) is 26.2. The van der Waals surface area contributed by atoms with Crippen molar-refractivity contribution in [2.45, 2.75) is 40.5 Å². The maximum absolute atomic E-state index is 13.3. The molecule has 0 saturated heterocycles. The summed E-state index contributed by atoms with van der Waals surface area (Å²) in [5.74, 6) is -0.238. The molecule has 0 radical (unpaired) electrons. The first-order valence-electron chi connectivity index (χ1n) is 11.4. The minimum Gasteiger partial charge on any atom is -0.493 e. The lowest BCUT2D eigenvalue weighted by Gasteiger charge is -2.24. The highest BCUT2D eigenvalue weighted by molar-refractivity contribution is 6.31. The molecule has 2 N–H and O–H groups in total. The average Bonchev–Trinajstić information content (AvgIpc) is 2.81. The van der Waals surface area contributed by atoms with Crippen LogP contribution in [-0.2, 0) is 4.79 Å². The Morgan fingerprint density at radius 1 is 0.971 bits per heavy atom. The molecule has 0 atom stereocenters. The predicted molar refractivity (Wildman–Crippen MR) is 139 cm³/mol. The molecule has 0 fully saturated rings. The van der Waals surface area contributed by atoms with E-state index in [2.05, 4.69) is 10.6 Å². The molecule has 0 aliphatic rings. The van der Waals surface area contributed by atoms with Gasteiger partial charge in [-0.3, -0.25) is 9.59 Å². The Labute approximate surface area is 210 Å². The summed E-state index contributed by atoms with van der Waals surface area (Å²) in [6.45, 7) is 8.32. The Morgan fingerprint density at radius 3 is 2.46 bits per heavy atom. The highest BCUT2D eigenvalue weighted by Crippen LogP contribution is 2.26. The molecule has 0 unspecified atom stereocenters. The number of carbonyl (C=O) groups excluding carboxylic acids is 2. The van der Waals surface area contributed by atoms with E-state index in [1.807, 2.05) is 45.9 Å². The highest BCUT2D eigenvalue weighted by Gasteiger charge is 2.27. The lowest BCUT2D eigenvalue weighted by Crippen LogP contribution is -2.31. The quantitative estimate of drug-likeness (QED) is 0.308. The molecule has 35 heavy (non-hydrogen) atoms. The van der Waals surface area contributed by atoms with Crippen LogP contribution in [0.3, 0.4) is 0 Å². The Bertz CT molecular complexity index is 1230. The van der Waals surface area contributed by atoms with E-state index in [0.717, 1.165) is 23.3 Å². The van der Waals surface area contributed by atoms with E-state index in [0.29, 0.717) is 30.0 Å². The van der Waals surface area contributed by atoms with Crippen LogP contribution >= 0.6 is 11.6 Å². The van der Waals surface area contributed by atoms with Crippen molar-refractivity contribution in [2.75, 3.05) is 17.2 Å². The minimum atomic E-state index is -0.631. The van der Waals surface area contributed by atoms with E-state index >= 15 is 0 Å². The molecule has 3 aromatic rings. The number of amides is 2. The molecule has 5 nitrogen and oxygen atoms in total. The van der Waals surface area contributed by atoms with Gasteiger partial charge in [0.25, 0.3) is 5.91 Å². The van der Waals surface area contributed by atoms with E-state index < -0.39 is 17.1 Å². The lowest BCUT2D eigenvalue weighted by atomic mass is 9.87. The summed E-state index contributed by atoms with van der Waals surface area (Å²) in [6, 6.07) is 16.7. The molecule has 0 aliphatic heterocycles. The zero-order valence-electron chi connectivity index (χ0n) is 20.4. The van der Waals surface area contributed by atoms with Crippen molar-refractivity contribution in [3.8, 4) is 5.75 Å². The number of rotatable bonds is 9. The summed E-state index contributed by atoms with van der Waals surface area (Å²) in [7, 11) is 0. The molecule has 0 saturated carbocycles. The summed E-state index contributed by atoms with van der Waals surface area (Å²) in [4.78, 5) is 25.5. The van der Waals surface area contributed by atoms with Crippen LogP contribution in [-0.4, -0.2) is 18.4 Å². The van der Waals surface area contributed by atoms with Crippen LogP contribution in [0.5, 0.6) is 5.75 Å². The normalized spacial score (nSPS) is 11.1. The van der Waals surface area contributed by atoms with Gasteiger partial charge in [0, 0.05) is 22.4 Å². The van der Waals surface area contributed by atoms with Crippen LogP contribution < -0.4 is 15.4 Å². The Hall–Kier alpha value is -3.38. The van der Waals surface area contributed by atoms with Crippen LogP contribution in [0.1, 0.15) is 48.2 Å². The minimum absolute atomic E-state index is 0.0783. The topological polar surface area (TPSA) is 67.4 Å². The second-order valence-corrected chi connectivity index (χ2v) is 9.63. The monoisotopic (exact) mass is 496 g/mol. The van der Waals surface area contributed by atoms with Gasteiger partial charge in [0.1, 0.15) is 11.6 Å². The van der Waals surface area contributed by atoms with E-state index in [1.165, 1.54) is 18.2 Å². The number of carbonyl (C=O) groups is 2. The van der Waals surface area contributed by atoms with Crippen molar-refractivity contribution >= 4 is 34.8 Å². The van der Waals surface area contributed by atoms with Crippen molar-refractivity contribution in [3.63, 3.8) is 0 Å². The molecule has 7 heteroatoms. The molecule has 0 aliphatic carbocycles. The van der Waals surface area contributed by atoms with Crippen LogP contribution in [0.4, 0.5) is 15.8 Å². The first-order valence-corrected chi connectivity index (χ1v) is 11.8. The molecule has 184 valence electrons. The van der Waals surface area contributed by atoms with E-state index in [4.69, 9.17) is 16.3 Å². The number of halogens is 2. The molecule has 0 aromatic heterocycles. The maximum atomic E-state index is 13.3. The average molecular weight is 497 g/mol. The fraction of sp³-hybridized carbons (Fsp3) is 0.286. The molecule has 3 rings (SSSR count). The van der Waals surface area contributed by atoms with Gasteiger partial charge in [-0.25, -0.2) is 4.39 Å². The van der Waals surface area contributed by atoms with Crippen LogP contribution in [0, 0.1) is 25.1 Å². The van der Waals surface area contributed by atoms with Gasteiger partial charge in [-0.05, 0) is 80.3 Å². The summed E-state index contributed by atoms with van der Waals surface area (Å²) in [6.07, 6.45) is 1.35. The van der Waals surface area contributed by atoms with Crippen molar-refractivity contribution in [1.29, 1.82) is 0 Å². The summed E-state index contributed by atoms with van der Waals surface area (Å²) in [5, 5.41) is 5.50. The molecule has 2 amide bonds. The molecule has 0 heterocycles. The Morgan fingerprint density at radius 2 is 1.71 bits per heavy atom. The van der Waals surface area contributed by atoms with E-state index in [1.54, 1.807) is 24.3 Å². The van der Waals surface area contributed by atoms with Crippen LogP contribution in [0.15, 0.2) is 60.7 Å². The van der Waals surface area contributed by atoms with Gasteiger partial charge in [0.15, 0.2) is 0 Å². The van der Waals surface area contributed by atoms with Gasteiger partial charge in [-0.2, -0.15) is 0 Å². The number of aryl methyl sites for hydroxylation is 2. The fourth-order valence-corrected chi connectivity index (χ4v) is 3.67. The molecule has 0 bridgehead atoms. The number of ether oxygens (including phenoxy) is 1. The number of benzene rings is 3. The molecule has 3 aromatic carbocycles. The fourth-order valence-electron chi connectivity index (χ4n) is 3.49. The van der Waals surface area contributed by atoms with Gasteiger partial charge in [0.05, 0.1) is 11.6 Å². The van der Waals surface area contributed by atoms with Gasteiger partial charge in [0.2, 0.25) is 5.91 Å². The lowest BCUT2D eigenvalue weighted by molar-refractivity contribution is -0.124. The van der Waals surface area contributed by atoms with Gasteiger partial charge < -0.3 is 15.4 Å². The number of anilines is 2. The maximum Gasteiger partial charge on any atom is 0.255 e. The molecule has 0 spiro atoms. The standard InChI is InChI=1S/C28H30ClFN2O3/c1-18-9-10-19(2)25(15-18)35-14-6-13-28(3,4)27(34)32-21-8-5-7-20(16-21)26(33)31-22-11-12-24(30)23(29)17-22/h5,7-12,15-17H,6,13-14H2,1-4H3,(H,31,33)(H,32,34). The SMILES string of the molecule is Cc1ccc(C)c(OCCCC(C)(C)C(=O)Nc2cccc(C(=O)Nc3ccc(F)c(Cl)c3)c2)c1. The molecular weight excluding hydrogens is 467 g/mol. The van der Waals surface area contributed by atoms with Gasteiger partial charge in [-0.1, -0.05) is 43.6 Å². The third kappa shape index (κ3) is 7.30. The van der Waals surface area contributed by atoms with E-state index in [9.17, 15) is 14.0 Å². The van der Waals surface area contributed by atoms with Crippen molar-refractivity contribution < 1.29 is 18.7 Å². The zero-order chi connectivity index (χ0) is 25.6. The predicted octanol–water partition coefficient (Wildman–Crippen LogP) is 7.17. The first-order chi connectivity index (χ1) is 16.5. The zero-order valence-corrected chi connectivity index (χ0v) is 21.1. The summed E-state index contributed by atoms with van der Waals surface area (Å²) in [5.41, 5.74) is 2.83. The van der Waals surface area contributed by atoms with Crippen molar-refractivity contribution in [3.05, 3.63) is 88.2 Å². The van der Waals surface area contributed by atoms with Crippen LogP contribution in [0.2, 0.25) is 5.02 Å². The number of nitrogens with one attached hydrogen (secondary N) is 2.